The van der Waals surface area contributed by atoms with E-state index < -0.39 is 0 Å². The van der Waals surface area contributed by atoms with Crippen molar-refractivity contribution >= 4 is 46.1 Å². The van der Waals surface area contributed by atoms with Crippen LogP contribution in [0.1, 0.15) is 27.3 Å². The highest BCUT2D eigenvalue weighted by Gasteiger charge is 2.16. The average molecular weight is 430 g/mol. The molecule has 0 aliphatic heterocycles. The monoisotopic (exact) mass is 429 g/mol. The number of anilines is 2. The van der Waals surface area contributed by atoms with Gasteiger partial charge in [0.15, 0.2) is 0 Å². The highest BCUT2D eigenvalue weighted by atomic mass is 35.5. The molecule has 0 saturated heterocycles. The molecule has 0 atom stereocenters. The Bertz CT molecular complexity index is 1020. The first kappa shape index (κ1) is 20.8. The van der Waals surface area contributed by atoms with Gasteiger partial charge in [-0.05, 0) is 55.5 Å². The van der Waals surface area contributed by atoms with Crippen LogP contribution in [-0.4, -0.2) is 23.8 Å². The SMILES string of the molecule is CC(=O)N(C)c1ccc(NC(=O)c2sc(COc3ccc(Cl)cc3)nc2C)cc1. The van der Waals surface area contributed by atoms with Gasteiger partial charge in [-0.15, -0.1) is 11.3 Å². The molecule has 0 saturated carbocycles. The van der Waals surface area contributed by atoms with Crippen molar-refractivity contribution < 1.29 is 14.3 Å². The van der Waals surface area contributed by atoms with Gasteiger partial charge in [0, 0.05) is 30.4 Å². The van der Waals surface area contributed by atoms with Crippen LogP contribution in [0, 0.1) is 6.92 Å². The van der Waals surface area contributed by atoms with E-state index in [2.05, 4.69) is 10.3 Å². The largest absolute Gasteiger partial charge is 0.486 e. The maximum Gasteiger partial charge on any atom is 0.267 e. The Morgan fingerprint density at radius 2 is 1.79 bits per heavy atom. The maximum atomic E-state index is 12.6. The molecule has 150 valence electrons. The van der Waals surface area contributed by atoms with Gasteiger partial charge in [-0.1, -0.05) is 11.6 Å². The summed E-state index contributed by atoms with van der Waals surface area (Å²) in [5, 5.41) is 4.21. The zero-order chi connectivity index (χ0) is 21.0. The van der Waals surface area contributed by atoms with Crippen molar-refractivity contribution in [3.05, 3.63) is 69.1 Å². The van der Waals surface area contributed by atoms with Crippen LogP contribution in [0.2, 0.25) is 5.02 Å². The number of benzene rings is 2. The number of amides is 2. The normalized spacial score (nSPS) is 10.5. The quantitative estimate of drug-likeness (QED) is 0.603. The summed E-state index contributed by atoms with van der Waals surface area (Å²) in [4.78, 5) is 30.5. The number of carbonyl (C=O) groups excluding carboxylic acids is 2. The summed E-state index contributed by atoms with van der Waals surface area (Å²) in [5.74, 6) is 0.393. The molecule has 3 aromatic rings. The number of hydrogen-bond donors (Lipinski definition) is 1. The van der Waals surface area contributed by atoms with Crippen LogP contribution in [0.25, 0.3) is 0 Å². The lowest BCUT2D eigenvalue weighted by atomic mass is 10.2. The van der Waals surface area contributed by atoms with Gasteiger partial charge >= 0.3 is 0 Å². The van der Waals surface area contributed by atoms with Gasteiger partial charge in [-0.25, -0.2) is 4.98 Å². The number of nitrogens with one attached hydrogen (secondary N) is 1. The third-order valence-corrected chi connectivity index (χ3v) is 5.59. The fourth-order valence-corrected chi connectivity index (χ4v) is 3.54. The Morgan fingerprint density at radius 3 is 2.41 bits per heavy atom. The molecule has 0 unspecified atom stereocenters. The Hall–Kier alpha value is -2.90. The van der Waals surface area contributed by atoms with Gasteiger partial charge in [0.2, 0.25) is 5.91 Å². The summed E-state index contributed by atoms with van der Waals surface area (Å²) in [6.07, 6.45) is 0. The van der Waals surface area contributed by atoms with Crippen LogP contribution in [0.15, 0.2) is 48.5 Å². The van der Waals surface area contributed by atoms with E-state index in [1.54, 1.807) is 62.5 Å². The number of ether oxygens (including phenoxy) is 1. The molecular formula is C21H20ClN3O3S. The first-order valence-electron chi connectivity index (χ1n) is 8.84. The lowest BCUT2D eigenvalue weighted by Crippen LogP contribution is -2.22. The topological polar surface area (TPSA) is 71.5 Å². The van der Waals surface area contributed by atoms with Gasteiger partial charge in [0.1, 0.15) is 22.2 Å². The number of halogens is 1. The second-order valence-electron chi connectivity index (χ2n) is 6.34. The summed E-state index contributed by atoms with van der Waals surface area (Å²) in [7, 11) is 1.70. The van der Waals surface area contributed by atoms with E-state index in [0.717, 1.165) is 5.69 Å². The molecule has 2 amide bonds. The number of rotatable bonds is 6. The number of thiazole rings is 1. The van der Waals surface area contributed by atoms with Crippen molar-refractivity contribution in [2.75, 3.05) is 17.3 Å². The highest BCUT2D eigenvalue weighted by molar-refractivity contribution is 7.13. The number of aryl methyl sites for hydroxylation is 1. The molecule has 2 aromatic carbocycles. The summed E-state index contributed by atoms with van der Waals surface area (Å²) >= 11 is 7.16. The van der Waals surface area contributed by atoms with Crippen molar-refractivity contribution in [1.29, 1.82) is 0 Å². The Balaban J connectivity index is 1.63. The number of aromatic nitrogens is 1. The summed E-state index contributed by atoms with van der Waals surface area (Å²) < 4.78 is 5.69. The number of hydrogen-bond acceptors (Lipinski definition) is 5. The van der Waals surface area contributed by atoms with Gasteiger partial charge in [-0.3, -0.25) is 9.59 Å². The summed E-state index contributed by atoms with van der Waals surface area (Å²) in [6, 6.07) is 14.1. The zero-order valence-electron chi connectivity index (χ0n) is 16.2. The van der Waals surface area contributed by atoms with Crippen molar-refractivity contribution in [2.24, 2.45) is 0 Å². The molecule has 1 aromatic heterocycles. The van der Waals surface area contributed by atoms with Gasteiger partial charge in [0.05, 0.1) is 5.69 Å². The molecule has 1 N–H and O–H groups in total. The fraction of sp³-hybridized carbons (Fsp3) is 0.190. The molecule has 8 heteroatoms. The zero-order valence-corrected chi connectivity index (χ0v) is 17.8. The van der Waals surface area contributed by atoms with E-state index in [1.165, 1.54) is 23.2 Å². The van der Waals surface area contributed by atoms with E-state index in [0.29, 0.717) is 32.0 Å². The van der Waals surface area contributed by atoms with Gasteiger partial charge < -0.3 is 15.0 Å². The van der Waals surface area contributed by atoms with Crippen LogP contribution in [0.5, 0.6) is 5.75 Å². The lowest BCUT2D eigenvalue weighted by Gasteiger charge is -2.15. The van der Waals surface area contributed by atoms with E-state index >= 15 is 0 Å². The van der Waals surface area contributed by atoms with Crippen LogP contribution in [0.4, 0.5) is 11.4 Å². The molecule has 6 nitrogen and oxygen atoms in total. The summed E-state index contributed by atoms with van der Waals surface area (Å²) in [5.41, 5.74) is 2.05. The molecule has 0 aliphatic carbocycles. The third kappa shape index (κ3) is 5.34. The van der Waals surface area contributed by atoms with E-state index in [9.17, 15) is 9.59 Å². The molecule has 0 bridgehead atoms. The predicted octanol–water partition coefficient (Wildman–Crippen LogP) is 4.92. The molecule has 1 heterocycles. The third-order valence-electron chi connectivity index (χ3n) is 4.21. The fourth-order valence-electron chi connectivity index (χ4n) is 2.54. The number of carbonyl (C=O) groups is 2. The second-order valence-corrected chi connectivity index (χ2v) is 7.86. The Morgan fingerprint density at radius 1 is 1.14 bits per heavy atom. The molecule has 0 fully saturated rings. The van der Waals surface area contributed by atoms with E-state index in [-0.39, 0.29) is 18.4 Å². The minimum Gasteiger partial charge on any atom is -0.486 e. The predicted molar refractivity (Wildman–Crippen MR) is 116 cm³/mol. The van der Waals surface area contributed by atoms with Gasteiger partial charge in [-0.2, -0.15) is 0 Å². The number of nitrogens with zero attached hydrogens (tertiary/aromatic N) is 2. The average Bonchev–Trinajstić information content (AvgIpc) is 3.08. The van der Waals surface area contributed by atoms with Crippen molar-refractivity contribution in [3.63, 3.8) is 0 Å². The van der Waals surface area contributed by atoms with E-state index in [4.69, 9.17) is 16.3 Å². The smallest absolute Gasteiger partial charge is 0.267 e. The lowest BCUT2D eigenvalue weighted by molar-refractivity contribution is -0.116. The molecule has 0 spiro atoms. The standard InChI is InChI=1S/C21H20ClN3O3S/c1-13-20(29-19(23-13)12-28-18-10-4-15(22)5-11-18)21(27)24-16-6-8-17(9-7-16)25(3)14(2)26/h4-11H,12H2,1-3H3,(H,24,27). The second kappa shape index (κ2) is 9.07. The maximum absolute atomic E-state index is 12.6. The summed E-state index contributed by atoms with van der Waals surface area (Å²) in [6.45, 7) is 3.56. The Labute approximate surface area is 178 Å². The van der Waals surface area contributed by atoms with Crippen LogP contribution in [0.3, 0.4) is 0 Å². The van der Waals surface area contributed by atoms with Crippen LogP contribution >= 0.6 is 22.9 Å². The van der Waals surface area contributed by atoms with Crippen molar-refractivity contribution in [3.8, 4) is 5.75 Å². The van der Waals surface area contributed by atoms with Crippen molar-refractivity contribution in [2.45, 2.75) is 20.5 Å². The highest BCUT2D eigenvalue weighted by Crippen LogP contribution is 2.23. The minimum atomic E-state index is -0.231. The first-order chi connectivity index (χ1) is 13.8. The Kier molecular flexibility index (Phi) is 6.51. The molecular weight excluding hydrogens is 410 g/mol. The van der Waals surface area contributed by atoms with Gasteiger partial charge in [0.25, 0.3) is 5.91 Å². The van der Waals surface area contributed by atoms with Crippen LogP contribution in [-0.2, 0) is 11.4 Å². The molecule has 0 radical (unpaired) electrons. The first-order valence-corrected chi connectivity index (χ1v) is 10.0. The van der Waals surface area contributed by atoms with Crippen LogP contribution < -0.4 is 15.0 Å². The molecule has 0 aliphatic rings. The van der Waals surface area contributed by atoms with Crippen molar-refractivity contribution in [1.82, 2.24) is 4.98 Å². The molecule has 3 rings (SSSR count). The molecule has 29 heavy (non-hydrogen) atoms. The minimum absolute atomic E-state index is 0.0598. The van der Waals surface area contributed by atoms with E-state index in [1.807, 2.05) is 0 Å².